The molecule has 0 aliphatic heterocycles. The Hall–Kier alpha value is -2.40. The fraction of sp³-hybridized carbons (Fsp3) is 0.435. The Morgan fingerprint density at radius 1 is 1.07 bits per heavy atom. The molecule has 3 aromatic rings. The summed E-state index contributed by atoms with van der Waals surface area (Å²) >= 11 is 6.43. The second kappa shape index (κ2) is 11.0. The van der Waals surface area contributed by atoms with Gasteiger partial charge in [0, 0.05) is 12.0 Å². The number of unbranched alkanes of at least 4 members (excludes halogenated alkanes) is 5. The van der Waals surface area contributed by atoms with Gasteiger partial charge in [0.25, 0.3) is 0 Å². The zero-order valence-corrected chi connectivity index (χ0v) is 17.7. The number of nitrogens with one attached hydrogen (secondary N) is 1. The second-order valence-corrected chi connectivity index (χ2v) is 7.71. The van der Waals surface area contributed by atoms with Crippen LogP contribution >= 0.6 is 11.6 Å². The van der Waals surface area contributed by atoms with Crippen molar-refractivity contribution in [2.75, 3.05) is 6.61 Å². The molecule has 0 saturated heterocycles. The van der Waals surface area contributed by atoms with Gasteiger partial charge in [0.1, 0.15) is 11.0 Å². The molecule has 0 aliphatic carbocycles. The van der Waals surface area contributed by atoms with Crippen LogP contribution in [0.1, 0.15) is 57.4 Å². The molecule has 0 radical (unpaired) electrons. The minimum atomic E-state index is -0.138. The fourth-order valence-electron chi connectivity index (χ4n) is 3.43. The van der Waals surface area contributed by atoms with Crippen molar-refractivity contribution >= 4 is 28.6 Å². The summed E-state index contributed by atoms with van der Waals surface area (Å²) in [5.74, 6) is -0.138. The van der Waals surface area contributed by atoms with E-state index < -0.39 is 0 Å². The molecule has 154 valence electrons. The van der Waals surface area contributed by atoms with E-state index in [0.29, 0.717) is 24.5 Å². The van der Waals surface area contributed by atoms with Crippen LogP contribution in [-0.2, 0) is 16.0 Å². The highest BCUT2D eigenvalue weighted by molar-refractivity contribution is 6.34. The number of rotatable bonds is 11. The lowest BCUT2D eigenvalue weighted by molar-refractivity contribution is -0.143. The van der Waals surface area contributed by atoms with Crippen molar-refractivity contribution in [2.24, 2.45) is 0 Å². The SMILES string of the molecule is CCCCCCCCOC(=O)CCc1cccc(-c2c(Cl)ccc3n[nH]nc23)c1. The number of hydrogen-bond acceptors (Lipinski definition) is 4. The van der Waals surface area contributed by atoms with Crippen molar-refractivity contribution in [3.05, 3.63) is 47.0 Å². The quantitative estimate of drug-likeness (QED) is 0.304. The summed E-state index contributed by atoms with van der Waals surface area (Å²) in [4.78, 5) is 12.0. The van der Waals surface area contributed by atoms with Crippen molar-refractivity contribution in [1.82, 2.24) is 15.4 Å². The van der Waals surface area contributed by atoms with Crippen molar-refractivity contribution in [2.45, 2.75) is 58.3 Å². The van der Waals surface area contributed by atoms with Gasteiger partial charge in [-0.1, -0.05) is 74.9 Å². The summed E-state index contributed by atoms with van der Waals surface area (Å²) in [6.07, 6.45) is 8.11. The number of fused-ring (bicyclic) bond motifs is 1. The van der Waals surface area contributed by atoms with E-state index in [2.05, 4.69) is 28.4 Å². The van der Waals surface area contributed by atoms with Crippen molar-refractivity contribution in [3.8, 4) is 11.1 Å². The van der Waals surface area contributed by atoms with Gasteiger partial charge >= 0.3 is 5.97 Å². The fourth-order valence-corrected chi connectivity index (χ4v) is 3.69. The van der Waals surface area contributed by atoms with Crippen LogP contribution in [0, 0.1) is 0 Å². The summed E-state index contributed by atoms with van der Waals surface area (Å²) in [7, 11) is 0. The standard InChI is InChI=1S/C23H28ClN3O2/c1-2-3-4-5-6-7-15-29-21(28)14-11-17-9-8-10-18(16-17)22-19(24)12-13-20-23(22)26-27-25-20/h8-10,12-13,16H,2-7,11,14-15H2,1H3,(H,25,26,27). The molecule has 2 aromatic carbocycles. The van der Waals surface area contributed by atoms with Gasteiger partial charge in [0.05, 0.1) is 11.6 Å². The Bertz CT molecular complexity index is 939. The maximum Gasteiger partial charge on any atom is 0.306 e. The van der Waals surface area contributed by atoms with Crippen LogP contribution in [0.5, 0.6) is 0 Å². The van der Waals surface area contributed by atoms with E-state index in [1.165, 1.54) is 25.7 Å². The van der Waals surface area contributed by atoms with E-state index in [1.807, 2.05) is 30.3 Å². The van der Waals surface area contributed by atoms with Crippen molar-refractivity contribution in [3.63, 3.8) is 0 Å². The lowest BCUT2D eigenvalue weighted by Crippen LogP contribution is -2.07. The number of nitrogens with zero attached hydrogens (tertiary/aromatic N) is 2. The average Bonchev–Trinajstić information content (AvgIpc) is 3.20. The molecule has 1 N–H and O–H groups in total. The van der Waals surface area contributed by atoms with E-state index in [0.717, 1.165) is 40.6 Å². The van der Waals surface area contributed by atoms with E-state index in [9.17, 15) is 4.79 Å². The number of hydrogen-bond donors (Lipinski definition) is 1. The molecule has 1 heterocycles. The molecule has 0 unspecified atom stereocenters. The zero-order chi connectivity index (χ0) is 20.5. The Kier molecular flexibility index (Phi) is 8.05. The summed E-state index contributed by atoms with van der Waals surface area (Å²) < 4.78 is 5.37. The van der Waals surface area contributed by atoms with Crippen molar-refractivity contribution in [1.29, 1.82) is 0 Å². The number of esters is 1. The maximum absolute atomic E-state index is 12.0. The number of H-pyrrole nitrogens is 1. The number of carbonyl (C=O) groups excluding carboxylic acids is 1. The molecule has 1 aromatic heterocycles. The van der Waals surface area contributed by atoms with Gasteiger partial charge in [-0.3, -0.25) is 4.79 Å². The Morgan fingerprint density at radius 3 is 2.76 bits per heavy atom. The predicted molar refractivity (Wildman–Crippen MR) is 117 cm³/mol. The summed E-state index contributed by atoms with van der Waals surface area (Å²) in [6.45, 7) is 2.73. The van der Waals surface area contributed by atoms with Gasteiger partial charge in [-0.15, -0.1) is 0 Å². The van der Waals surface area contributed by atoms with Crippen LogP contribution in [0.3, 0.4) is 0 Å². The molecular weight excluding hydrogens is 386 g/mol. The summed E-state index contributed by atoms with van der Waals surface area (Å²) in [6, 6.07) is 11.7. The highest BCUT2D eigenvalue weighted by Gasteiger charge is 2.13. The van der Waals surface area contributed by atoms with Gasteiger partial charge in [0.2, 0.25) is 0 Å². The number of benzene rings is 2. The lowest BCUT2D eigenvalue weighted by atomic mass is 10.00. The van der Waals surface area contributed by atoms with Gasteiger partial charge in [0.15, 0.2) is 0 Å². The van der Waals surface area contributed by atoms with Crippen molar-refractivity contribution < 1.29 is 9.53 Å². The molecule has 0 amide bonds. The van der Waals surface area contributed by atoms with Crippen LogP contribution in [0.25, 0.3) is 22.2 Å². The van der Waals surface area contributed by atoms with Gasteiger partial charge in [-0.2, -0.15) is 15.4 Å². The molecule has 0 fully saturated rings. The molecule has 29 heavy (non-hydrogen) atoms. The first-order valence-corrected chi connectivity index (χ1v) is 10.8. The maximum atomic E-state index is 12.0. The van der Waals surface area contributed by atoms with Gasteiger partial charge < -0.3 is 4.74 Å². The highest BCUT2D eigenvalue weighted by Crippen LogP contribution is 2.33. The minimum absolute atomic E-state index is 0.138. The van der Waals surface area contributed by atoms with Crippen LogP contribution < -0.4 is 0 Å². The first-order valence-electron chi connectivity index (χ1n) is 10.4. The molecule has 6 heteroatoms. The lowest BCUT2D eigenvalue weighted by Gasteiger charge is -2.08. The molecule has 0 atom stereocenters. The first-order chi connectivity index (χ1) is 14.2. The number of ether oxygens (including phenoxy) is 1. The number of aromatic nitrogens is 3. The van der Waals surface area contributed by atoms with Crippen LogP contribution in [0.2, 0.25) is 5.02 Å². The van der Waals surface area contributed by atoms with Crippen LogP contribution in [-0.4, -0.2) is 28.0 Å². The number of aromatic amines is 1. The van der Waals surface area contributed by atoms with E-state index >= 15 is 0 Å². The molecule has 5 nitrogen and oxygen atoms in total. The topological polar surface area (TPSA) is 67.9 Å². The number of halogens is 1. The first kappa shape index (κ1) is 21.3. The van der Waals surface area contributed by atoms with E-state index in [4.69, 9.17) is 16.3 Å². The van der Waals surface area contributed by atoms with Crippen LogP contribution in [0.15, 0.2) is 36.4 Å². The largest absolute Gasteiger partial charge is 0.466 e. The van der Waals surface area contributed by atoms with E-state index in [-0.39, 0.29) is 5.97 Å². The van der Waals surface area contributed by atoms with Gasteiger partial charge in [-0.05, 0) is 36.1 Å². The Labute approximate surface area is 176 Å². The van der Waals surface area contributed by atoms with E-state index in [1.54, 1.807) is 0 Å². The molecule has 0 aliphatic rings. The molecular formula is C23H28ClN3O2. The summed E-state index contributed by atoms with van der Waals surface area (Å²) in [5.41, 5.74) is 4.40. The molecule has 0 saturated carbocycles. The predicted octanol–water partition coefficient (Wildman–Crippen LogP) is 6.11. The molecule has 0 spiro atoms. The smallest absolute Gasteiger partial charge is 0.306 e. The third-order valence-electron chi connectivity index (χ3n) is 5.03. The normalized spacial score (nSPS) is 11.1. The summed E-state index contributed by atoms with van der Waals surface area (Å²) in [5, 5.41) is 11.6. The Balaban J connectivity index is 1.52. The number of aryl methyl sites for hydroxylation is 1. The third kappa shape index (κ3) is 6.04. The zero-order valence-electron chi connectivity index (χ0n) is 16.9. The van der Waals surface area contributed by atoms with Crippen LogP contribution in [0.4, 0.5) is 0 Å². The third-order valence-corrected chi connectivity index (χ3v) is 5.35. The number of carbonyl (C=O) groups is 1. The second-order valence-electron chi connectivity index (χ2n) is 7.30. The molecule has 3 rings (SSSR count). The minimum Gasteiger partial charge on any atom is -0.466 e. The monoisotopic (exact) mass is 413 g/mol. The highest BCUT2D eigenvalue weighted by atomic mass is 35.5. The van der Waals surface area contributed by atoms with Gasteiger partial charge in [-0.25, -0.2) is 0 Å². The molecule has 0 bridgehead atoms. The Morgan fingerprint density at radius 2 is 1.90 bits per heavy atom. The average molecular weight is 414 g/mol.